The van der Waals surface area contributed by atoms with E-state index in [1.807, 2.05) is 24.3 Å². The summed E-state index contributed by atoms with van der Waals surface area (Å²) in [4.78, 5) is 0. The molecular weight excluding hydrogens is 316 g/mol. The topological polar surface area (TPSA) is 80.9 Å². The van der Waals surface area contributed by atoms with E-state index in [9.17, 15) is 10.2 Å². The van der Waals surface area contributed by atoms with Gasteiger partial charge >= 0.3 is 0 Å². The maximum Gasteiger partial charge on any atom is 0.0811 e. The minimum absolute atomic E-state index is 0.178. The minimum Gasteiger partial charge on any atom is -0.394 e. The molecule has 4 nitrogen and oxygen atoms in total. The van der Waals surface area contributed by atoms with Crippen molar-refractivity contribution in [1.29, 1.82) is 0 Å². The van der Waals surface area contributed by atoms with Crippen LogP contribution in [0.2, 0.25) is 0 Å². The second-order valence-corrected chi connectivity index (χ2v) is 7.10. The molecule has 4 heteroatoms. The first kappa shape index (κ1) is 19.6. The third kappa shape index (κ3) is 5.13. The van der Waals surface area contributed by atoms with Crippen LogP contribution in [0.1, 0.15) is 36.1 Å². The molecule has 0 aliphatic carbocycles. The van der Waals surface area contributed by atoms with E-state index in [1.165, 1.54) is 0 Å². The first-order valence-corrected chi connectivity index (χ1v) is 8.63. The Morgan fingerprint density at radius 2 is 1.00 bits per heavy atom. The summed E-state index contributed by atoms with van der Waals surface area (Å²) in [6, 6.07) is 16.2. The second-order valence-electron chi connectivity index (χ2n) is 7.10. The Hall–Kier alpha value is -1.72. The third-order valence-corrected chi connectivity index (χ3v) is 4.72. The third-order valence-electron chi connectivity index (χ3n) is 4.72. The fourth-order valence-corrected chi connectivity index (χ4v) is 2.95. The van der Waals surface area contributed by atoms with Crippen LogP contribution in [0, 0.1) is 0 Å². The van der Waals surface area contributed by atoms with E-state index >= 15 is 0 Å². The minimum atomic E-state index is -0.722. The molecule has 0 saturated heterocycles. The Kier molecular flexibility index (Phi) is 6.73. The molecule has 0 aromatic heterocycles. The van der Waals surface area contributed by atoms with Crippen LogP contribution < -0.4 is 0 Å². The van der Waals surface area contributed by atoms with Crippen molar-refractivity contribution in [2.75, 3.05) is 13.2 Å². The smallest absolute Gasteiger partial charge is 0.0811 e. The Labute approximate surface area is 149 Å². The van der Waals surface area contributed by atoms with Crippen molar-refractivity contribution >= 4 is 0 Å². The van der Waals surface area contributed by atoms with Gasteiger partial charge in [0, 0.05) is 18.3 Å². The molecule has 0 fully saturated rings. The highest BCUT2D eigenvalue weighted by molar-refractivity contribution is 5.40. The normalized spacial score (nSPS) is 14.3. The van der Waals surface area contributed by atoms with Crippen LogP contribution in [-0.2, 0) is 18.3 Å². The van der Waals surface area contributed by atoms with Gasteiger partial charge in [-0.25, -0.2) is 0 Å². The molecule has 0 amide bonds. The molecule has 4 N–H and O–H groups in total. The predicted molar refractivity (Wildman–Crippen MR) is 98.6 cm³/mol. The summed E-state index contributed by atoms with van der Waals surface area (Å²) >= 11 is 0. The van der Waals surface area contributed by atoms with E-state index in [-0.39, 0.29) is 18.6 Å². The fraction of sp³-hybridized carbons (Fsp3) is 0.429. The molecule has 0 bridgehead atoms. The van der Waals surface area contributed by atoms with Gasteiger partial charge in [0.1, 0.15) is 0 Å². The molecule has 2 aromatic carbocycles. The first-order chi connectivity index (χ1) is 11.9. The van der Waals surface area contributed by atoms with Crippen molar-refractivity contribution in [3.8, 4) is 0 Å². The zero-order valence-corrected chi connectivity index (χ0v) is 14.9. The van der Waals surface area contributed by atoms with Crippen LogP contribution in [0.3, 0.4) is 0 Å². The Bertz CT molecular complexity index is 589. The van der Waals surface area contributed by atoms with E-state index in [0.717, 1.165) is 22.3 Å². The largest absolute Gasteiger partial charge is 0.394 e. The lowest BCUT2D eigenvalue weighted by atomic mass is 9.77. The number of hydrogen-bond donors (Lipinski definition) is 4. The predicted octanol–water partition coefficient (Wildman–Crippen LogP) is 1.80. The van der Waals surface area contributed by atoms with Gasteiger partial charge in [0.2, 0.25) is 0 Å². The average molecular weight is 344 g/mol. The molecule has 0 aliphatic rings. The van der Waals surface area contributed by atoms with Gasteiger partial charge < -0.3 is 20.4 Å². The van der Waals surface area contributed by atoms with Gasteiger partial charge in [0.25, 0.3) is 0 Å². The van der Waals surface area contributed by atoms with Crippen molar-refractivity contribution in [3.63, 3.8) is 0 Å². The molecule has 2 aromatic rings. The van der Waals surface area contributed by atoms with Crippen LogP contribution in [0.25, 0.3) is 0 Å². The van der Waals surface area contributed by atoms with Gasteiger partial charge in [-0.05, 0) is 22.3 Å². The van der Waals surface area contributed by atoms with Gasteiger partial charge in [-0.1, -0.05) is 62.4 Å². The lowest BCUT2D eigenvalue weighted by Crippen LogP contribution is -2.20. The molecule has 0 spiro atoms. The summed E-state index contributed by atoms with van der Waals surface area (Å²) in [6.45, 7) is 3.85. The quantitative estimate of drug-likeness (QED) is 0.589. The van der Waals surface area contributed by atoms with Crippen LogP contribution >= 0.6 is 0 Å². The Morgan fingerprint density at radius 3 is 1.28 bits per heavy atom. The van der Waals surface area contributed by atoms with Gasteiger partial charge in [-0.2, -0.15) is 0 Å². The van der Waals surface area contributed by atoms with Crippen molar-refractivity contribution in [2.45, 2.75) is 44.3 Å². The Balaban J connectivity index is 2.14. The van der Waals surface area contributed by atoms with Crippen LogP contribution in [-0.4, -0.2) is 45.8 Å². The summed E-state index contributed by atoms with van der Waals surface area (Å²) in [7, 11) is 0. The van der Waals surface area contributed by atoms with E-state index in [0.29, 0.717) is 12.8 Å². The number of aliphatic hydroxyl groups is 4. The number of aliphatic hydroxyl groups excluding tert-OH is 4. The second kappa shape index (κ2) is 8.59. The molecule has 136 valence electrons. The maximum absolute atomic E-state index is 9.54. The van der Waals surface area contributed by atoms with Crippen LogP contribution in [0.4, 0.5) is 0 Å². The highest BCUT2D eigenvalue weighted by atomic mass is 16.3. The lowest BCUT2D eigenvalue weighted by molar-refractivity contribution is 0.0954. The lowest BCUT2D eigenvalue weighted by Gasteiger charge is -2.27. The zero-order valence-electron chi connectivity index (χ0n) is 14.9. The summed E-state index contributed by atoms with van der Waals surface area (Å²) in [5.41, 5.74) is 4.14. The molecule has 2 unspecified atom stereocenters. The molecule has 0 aliphatic heterocycles. The summed E-state index contributed by atoms with van der Waals surface area (Å²) < 4.78 is 0. The number of rotatable bonds is 8. The molecule has 0 heterocycles. The van der Waals surface area contributed by atoms with E-state index in [4.69, 9.17) is 10.2 Å². The van der Waals surface area contributed by atoms with Gasteiger partial charge in [0.15, 0.2) is 0 Å². The zero-order chi connectivity index (χ0) is 18.4. The highest BCUT2D eigenvalue weighted by Gasteiger charge is 2.23. The SMILES string of the molecule is CC(C)(c1ccc(CC(O)CO)cc1)c1ccc(CC(O)CO)cc1. The first-order valence-electron chi connectivity index (χ1n) is 8.63. The van der Waals surface area contributed by atoms with Crippen LogP contribution in [0.5, 0.6) is 0 Å². The molecule has 0 saturated carbocycles. The number of benzene rings is 2. The summed E-state index contributed by atoms with van der Waals surface area (Å²) in [5.74, 6) is 0. The van der Waals surface area contributed by atoms with Gasteiger partial charge in [-0.15, -0.1) is 0 Å². The fourth-order valence-electron chi connectivity index (χ4n) is 2.95. The van der Waals surface area contributed by atoms with Crippen molar-refractivity contribution in [3.05, 3.63) is 70.8 Å². The van der Waals surface area contributed by atoms with Crippen molar-refractivity contribution in [2.24, 2.45) is 0 Å². The highest BCUT2D eigenvalue weighted by Crippen LogP contribution is 2.32. The summed E-state index contributed by atoms with van der Waals surface area (Å²) in [6.07, 6.45) is -0.556. The van der Waals surface area contributed by atoms with Crippen molar-refractivity contribution < 1.29 is 20.4 Å². The maximum atomic E-state index is 9.54. The monoisotopic (exact) mass is 344 g/mol. The number of hydrogen-bond acceptors (Lipinski definition) is 4. The molecule has 2 rings (SSSR count). The molecular formula is C21H28O4. The molecule has 0 radical (unpaired) electrons. The van der Waals surface area contributed by atoms with Gasteiger partial charge in [0.05, 0.1) is 25.4 Å². The standard InChI is InChI=1S/C21H28O4/c1-21(2,17-7-3-15(4-8-17)11-19(24)13-22)18-9-5-16(6-10-18)12-20(25)14-23/h3-10,19-20,22-25H,11-14H2,1-2H3. The van der Waals surface area contributed by atoms with Crippen LogP contribution in [0.15, 0.2) is 48.5 Å². The Morgan fingerprint density at radius 1 is 0.680 bits per heavy atom. The van der Waals surface area contributed by atoms with E-state index in [1.54, 1.807) is 0 Å². The van der Waals surface area contributed by atoms with Crippen molar-refractivity contribution in [1.82, 2.24) is 0 Å². The van der Waals surface area contributed by atoms with E-state index in [2.05, 4.69) is 38.1 Å². The average Bonchev–Trinajstić information content (AvgIpc) is 2.62. The summed E-state index contributed by atoms with van der Waals surface area (Å²) in [5, 5.41) is 37.0. The molecule has 25 heavy (non-hydrogen) atoms. The van der Waals surface area contributed by atoms with Gasteiger partial charge in [-0.3, -0.25) is 0 Å². The van der Waals surface area contributed by atoms with E-state index < -0.39 is 12.2 Å². The molecule has 2 atom stereocenters.